The van der Waals surface area contributed by atoms with Gasteiger partial charge >= 0.3 is 5.51 Å². The number of halogens is 3. The van der Waals surface area contributed by atoms with Crippen molar-refractivity contribution in [3.63, 3.8) is 0 Å². The molecule has 0 heterocycles. The van der Waals surface area contributed by atoms with Gasteiger partial charge in [0.05, 0.1) is 6.61 Å². The summed E-state index contributed by atoms with van der Waals surface area (Å²) >= 11 is -0.123. The molecule has 0 saturated carbocycles. The monoisotopic (exact) mass is 251 g/mol. The lowest BCUT2D eigenvalue weighted by molar-refractivity contribution is -0.0328. The molecule has 2 N–H and O–H groups in total. The molecule has 0 unspecified atom stereocenters. The molecule has 0 aliphatic rings. The van der Waals surface area contributed by atoms with E-state index < -0.39 is 5.51 Å². The molecule has 0 spiro atoms. The van der Waals surface area contributed by atoms with Gasteiger partial charge in [-0.2, -0.15) is 13.2 Å². The number of thioether (sulfide) groups is 1. The standard InChI is InChI=1S/C10H12F3NOS/c11-10(12,13)16-9-3-1-8(2-4-9)7-14-5-6-15/h1-4,14-15H,5-7H2. The van der Waals surface area contributed by atoms with Gasteiger partial charge in [-0.25, -0.2) is 0 Å². The maximum atomic E-state index is 12.0. The summed E-state index contributed by atoms with van der Waals surface area (Å²) in [5, 5.41) is 11.5. The number of aliphatic hydroxyl groups is 1. The normalized spacial score (nSPS) is 11.8. The number of nitrogens with one attached hydrogen (secondary N) is 1. The van der Waals surface area contributed by atoms with Crippen molar-refractivity contribution in [1.82, 2.24) is 5.32 Å². The van der Waals surface area contributed by atoms with Gasteiger partial charge in [0.15, 0.2) is 0 Å². The van der Waals surface area contributed by atoms with E-state index in [1.165, 1.54) is 12.1 Å². The smallest absolute Gasteiger partial charge is 0.395 e. The Labute approximate surface area is 95.9 Å². The Kier molecular flexibility index (Phi) is 5.11. The van der Waals surface area contributed by atoms with Gasteiger partial charge in [0.2, 0.25) is 0 Å². The fraction of sp³-hybridized carbons (Fsp3) is 0.400. The first kappa shape index (κ1) is 13.3. The summed E-state index contributed by atoms with van der Waals surface area (Å²) in [6.07, 6.45) is 0. The molecular formula is C10H12F3NOS. The average Bonchev–Trinajstić information content (AvgIpc) is 2.19. The van der Waals surface area contributed by atoms with Gasteiger partial charge in [-0.05, 0) is 29.5 Å². The van der Waals surface area contributed by atoms with E-state index in [1.54, 1.807) is 12.1 Å². The minimum absolute atomic E-state index is 0.0437. The molecule has 0 radical (unpaired) electrons. The number of aliphatic hydroxyl groups excluding tert-OH is 1. The lowest BCUT2D eigenvalue weighted by Crippen LogP contribution is -2.17. The van der Waals surface area contributed by atoms with Crippen molar-refractivity contribution in [3.05, 3.63) is 29.8 Å². The summed E-state index contributed by atoms with van der Waals surface area (Å²) < 4.78 is 36.0. The molecule has 0 atom stereocenters. The molecular weight excluding hydrogens is 239 g/mol. The van der Waals surface area contributed by atoms with Crippen molar-refractivity contribution < 1.29 is 18.3 Å². The van der Waals surface area contributed by atoms with Gasteiger partial charge in [-0.1, -0.05) is 12.1 Å². The Morgan fingerprint density at radius 3 is 2.31 bits per heavy atom. The highest BCUT2D eigenvalue weighted by Gasteiger charge is 2.28. The Morgan fingerprint density at radius 1 is 1.19 bits per heavy atom. The van der Waals surface area contributed by atoms with E-state index in [0.717, 1.165) is 5.56 Å². The van der Waals surface area contributed by atoms with Crippen molar-refractivity contribution in [3.8, 4) is 0 Å². The molecule has 0 aromatic heterocycles. The minimum Gasteiger partial charge on any atom is -0.395 e. The van der Waals surface area contributed by atoms with Crippen LogP contribution in [0.5, 0.6) is 0 Å². The Morgan fingerprint density at radius 2 is 1.81 bits per heavy atom. The first-order valence-corrected chi connectivity index (χ1v) is 5.49. The summed E-state index contributed by atoms with van der Waals surface area (Å²) in [6.45, 7) is 1.05. The van der Waals surface area contributed by atoms with Crippen LogP contribution in [0.25, 0.3) is 0 Å². The zero-order valence-electron chi connectivity index (χ0n) is 8.42. The molecule has 0 amide bonds. The SMILES string of the molecule is OCCNCc1ccc(SC(F)(F)F)cc1. The summed E-state index contributed by atoms with van der Waals surface area (Å²) in [5.74, 6) is 0. The topological polar surface area (TPSA) is 32.3 Å². The van der Waals surface area contributed by atoms with Crippen LogP contribution in [-0.2, 0) is 6.54 Å². The van der Waals surface area contributed by atoms with Gasteiger partial charge in [0.25, 0.3) is 0 Å². The van der Waals surface area contributed by atoms with E-state index in [9.17, 15) is 13.2 Å². The van der Waals surface area contributed by atoms with Gasteiger partial charge in [-0.3, -0.25) is 0 Å². The van der Waals surface area contributed by atoms with Crippen LogP contribution in [0.15, 0.2) is 29.2 Å². The van der Waals surface area contributed by atoms with E-state index in [-0.39, 0.29) is 23.3 Å². The van der Waals surface area contributed by atoms with E-state index >= 15 is 0 Å². The predicted molar refractivity (Wildman–Crippen MR) is 57.1 cm³/mol. The van der Waals surface area contributed by atoms with Gasteiger partial charge < -0.3 is 10.4 Å². The van der Waals surface area contributed by atoms with Gasteiger partial charge in [0.1, 0.15) is 0 Å². The van der Waals surface area contributed by atoms with Gasteiger partial charge in [-0.15, -0.1) is 0 Å². The molecule has 1 aromatic rings. The van der Waals surface area contributed by atoms with Crippen LogP contribution in [0.1, 0.15) is 5.56 Å². The molecule has 90 valence electrons. The number of rotatable bonds is 5. The summed E-state index contributed by atoms with van der Waals surface area (Å²) in [5.41, 5.74) is -3.35. The Bertz CT molecular complexity index is 313. The van der Waals surface area contributed by atoms with Crippen LogP contribution < -0.4 is 5.32 Å². The third-order valence-electron chi connectivity index (χ3n) is 1.77. The quantitative estimate of drug-likeness (QED) is 0.622. The zero-order chi connectivity index (χ0) is 12.0. The maximum Gasteiger partial charge on any atom is 0.446 e. The van der Waals surface area contributed by atoms with Crippen LogP contribution in [0, 0.1) is 0 Å². The third kappa shape index (κ3) is 5.39. The van der Waals surface area contributed by atoms with Crippen molar-refractivity contribution >= 4 is 11.8 Å². The molecule has 0 saturated heterocycles. The number of hydrogen-bond acceptors (Lipinski definition) is 3. The molecule has 16 heavy (non-hydrogen) atoms. The van der Waals surface area contributed by atoms with E-state index in [1.807, 2.05) is 0 Å². The van der Waals surface area contributed by atoms with Crippen molar-refractivity contribution in [2.45, 2.75) is 16.9 Å². The van der Waals surface area contributed by atoms with Crippen molar-refractivity contribution in [2.24, 2.45) is 0 Å². The van der Waals surface area contributed by atoms with Crippen LogP contribution in [-0.4, -0.2) is 23.8 Å². The molecule has 0 bridgehead atoms. The third-order valence-corrected chi connectivity index (χ3v) is 2.51. The van der Waals surface area contributed by atoms with Crippen LogP contribution in [0.4, 0.5) is 13.2 Å². The number of alkyl halides is 3. The van der Waals surface area contributed by atoms with Crippen LogP contribution in [0.2, 0.25) is 0 Å². The lowest BCUT2D eigenvalue weighted by Gasteiger charge is -2.07. The first-order valence-electron chi connectivity index (χ1n) is 4.67. The molecule has 2 nitrogen and oxygen atoms in total. The predicted octanol–water partition coefficient (Wildman–Crippen LogP) is 2.38. The molecule has 0 fully saturated rings. The Balaban J connectivity index is 2.48. The fourth-order valence-electron chi connectivity index (χ4n) is 1.12. The van der Waals surface area contributed by atoms with E-state index in [2.05, 4.69) is 5.32 Å². The fourth-order valence-corrected chi connectivity index (χ4v) is 1.66. The maximum absolute atomic E-state index is 12.0. The van der Waals surface area contributed by atoms with E-state index in [0.29, 0.717) is 13.1 Å². The Hall–Kier alpha value is -0.720. The number of hydrogen-bond donors (Lipinski definition) is 2. The first-order chi connectivity index (χ1) is 7.51. The van der Waals surface area contributed by atoms with Crippen molar-refractivity contribution in [1.29, 1.82) is 0 Å². The highest BCUT2D eigenvalue weighted by Crippen LogP contribution is 2.36. The van der Waals surface area contributed by atoms with Gasteiger partial charge in [0, 0.05) is 18.0 Å². The van der Waals surface area contributed by atoms with E-state index in [4.69, 9.17) is 5.11 Å². The van der Waals surface area contributed by atoms with Crippen LogP contribution >= 0.6 is 11.8 Å². The summed E-state index contributed by atoms with van der Waals surface area (Å²) in [6, 6.07) is 6.15. The summed E-state index contributed by atoms with van der Waals surface area (Å²) in [7, 11) is 0. The second kappa shape index (κ2) is 6.12. The second-order valence-corrected chi connectivity index (χ2v) is 4.23. The molecule has 6 heteroatoms. The molecule has 0 aliphatic carbocycles. The van der Waals surface area contributed by atoms with Crippen molar-refractivity contribution in [2.75, 3.05) is 13.2 Å². The van der Waals surface area contributed by atoms with Crippen LogP contribution in [0.3, 0.4) is 0 Å². The average molecular weight is 251 g/mol. The minimum atomic E-state index is -4.24. The largest absolute Gasteiger partial charge is 0.446 e. The highest BCUT2D eigenvalue weighted by molar-refractivity contribution is 8.00. The summed E-state index contributed by atoms with van der Waals surface area (Å²) in [4.78, 5) is 0.179. The molecule has 1 rings (SSSR count). The zero-order valence-corrected chi connectivity index (χ0v) is 9.24. The number of benzene rings is 1. The second-order valence-electron chi connectivity index (χ2n) is 3.09. The molecule has 1 aromatic carbocycles. The highest BCUT2D eigenvalue weighted by atomic mass is 32.2. The molecule has 0 aliphatic heterocycles. The lowest BCUT2D eigenvalue weighted by atomic mass is 10.2.